The number of benzene rings is 2. The summed E-state index contributed by atoms with van der Waals surface area (Å²) in [6.45, 7) is 2.13. The van der Waals surface area contributed by atoms with Crippen molar-refractivity contribution >= 4 is 0 Å². The molecule has 0 spiro atoms. The van der Waals surface area contributed by atoms with Crippen LogP contribution in [0.3, 0.4) is 0 Å². The summed E-state index contributed by atoms with van der Waals surface area (Å²) in [6, 6.07) is 21.4. The van der Waals surface area contributed by atoms with Crippen LogP contribution in [0.4, 0.5) is 0 Å². The van der Waals surface area contributed by atoms with Crippen LogP contribution in [0, 0.1) is 6.92 Å². The lowest BCUT2D eigenvalue weighted by Crippen LogP contribution is -1.89. The van der Waals surface area contributed by atoms with Crippen molar-refractivity contribution in [2.24, 2.45) is 7.05 Å². The molecule has 3 aromatic rings. The van der Waals surface area contributed by atoms with Gasteiger partial charge in [0.25, 0.3) is 0 Å². The fourth-order valence-electron chi connectivity index (χ4n) is 2.51. The maximum Gasteiger partial charge on any atom is 0.0480 e. The van der Waals surface area contributed by atoms with Crippen LogP contribution in [0.15, 0.2) is 66.9 Å². The van der Waals surface area contributed by atoms with E-state index in [1.54, 1.807) is 0 Å². The van der Waals surface area contributed by atoms with Crippen LogP contribution >= 0.6 is 0 Å². The molecule has 0 atom stereocenters. The van der Waals surface area contributed by atoms with Gasteiger partial charge in [-0.2, -0.15) is 0 Å². The Kier molecular flexibility index (Phi) is 2.96. The average Bonchev–Trinajstić information content (AvgIpc) is 2.79. The average molecular weight is 247 g/mol. The van der Waals surface area contributed by atoms with Gasteiger partial charge in [-0.1, -0.05) is 48.5 Å². The molecule has 0 aliphatic carbocycles. The highest BCUT2D eigenvalue weighted by molar-refractivity contribution is 5.72. The lowest BCUT2D eigenvalue weighted by atomic mass is 10.0. The molecular weight excluding hydrogens is 230 g/mol. The lowest BCUT2D eigenvalue weighted by molar-refractivity contribution is 0.933. The summed E-state index contributed by atoms with van der Waals surface area (Å²) in [5.74, 6) is 0. The zero-order chi connectivity index (χ0) is 13.2. The molecule has 0 amide bonds. The molecule has 94 valence electrons. The molecule has 1 nitrogen and oxygen atoms in total. The fraction of sp³-hybridized carbons (Fsp3) is 0.111. The highest BCUT2D eigenvalue weighted by Crippen LogP contribution is 2.27. The Morgan fingerprint density at radius 3 is 2.11 bits per heavy atom. The van der Waals surface area contributed by atoms with Gasteiger partial charge in [-0.15, -0.1) is 0 Å². The van der Waals surface area contributed by atoms with Crippen molar-refractivity contribution < 1.29 is 0 Å². The quantitative estimate of drug-likeness (QED) is 0.620. The van der Waals surface area contributed by atoms with E-state index in [1.165, 1.54) is 27.9 Å². The molecule has 1 heterocycles. The molecule has 0 saturated carbocycles. The Balaban J connectivity index is 2.08. The molecule has 0 bridgehead atoms. The van der Waals surface area contributed by atoms with Crippen LogP contribution in [0.25, 0.3) is 22.4 Å². The molecule has 3 rings (SSSR count). The molecule has 0 fully saturated rings. The number of rotatable bonds is 2. The number of aryl methyl sites for hydroxylation is 2. The maximum atomic E-state index is 2.25. The number of aromatic nitrogens is 1. The molecule has 2 aromatic carbocycles. The van der Waals surface area contributed by atoms with Gasteiger partial charge in [0, 0.05) is 18.9 Å². The van der Waals surface area contributed by atoms with Crippen molar-refractivity contribution in [3.63, 3.8) is 0 Å². The van der Waals surface area contributed by atoms with Gasteiger partial charge in [0.2, 0.25) is 0 Å². The van der Waals surface area contributed by atoms with Crippen LogP contribution in [-0.4, -0.2) is 4.57 Å². The third-order valence-electron chi connectivity index (χ3n) is 3.41. The van der Waals surface area contributed by atoms with E-state index < -0.39 is 0 Å². The Morgan fingerprint density at radius 1 is 0.737 bits per heavy atom. The summed E-state index contributed by atoms with van der Waals surface area (Å²) < 4.78 is 2.18. The summed E-state index contributed by atoms with van der Waals surface area (Å²) in [7, 11) is 2.09. The molecule has 0 radical (unpaired) electrons. The van der Waals surface area contributed by atoms with E-state index >= 15 is 0 Å². The van der Waals surface area contributed by atoms with Crippen molar-refractivity contribution in [3.05, 3.63) is 72.4 Å². The number of nitrogens with zero attached hydrogens (tertiary/aromatic N) is 1. The Labute approximate surface area is 114 Å². The predicted octanol–water partition coefficient (Wildman–Crippen LogP) is 4.67. The summed E-state index contributed by atoms with van der Waals surface area (Å²) in [6.07, 6.45) is 2.16. The predicted molar refractivity (Wildman–Crippen MR) is 81.0 cm³/mol. The van der Waals surface area contributed by atoms with Crippen LogP contribution in [0.2, 0.25) is 0 Å². The molecular formula is C18H17N. The number of hydrogen-bond acceptors (Lipinski definition) is 0. The molecule has 1 heteroatoms. The van der Waals surface area contributed by atoms with Gasteiger partial charge >= 0.3 is 0 Å². The number of hydrogen-bond donors (Lipinski definition) is 0. The van der Waals surface area contributed by atoms with E-state index in [4.69, 9.17) is 0 Å². The lowest BCUT2D eigenvalue weighted by Gasteiger charge is -2.07. The largest absolute Gasteiger partial charge is 0.350 e. The van der Waals surface area contributed by atoms with Gasteiger partial charge in [-0.05, 0) is 41.3 Å². The van der Waals surface area contributed by atoms with E-state index in [2.05, 4.69) is 79.3 Å². The Hall–Kier alpha value is -2.28. The van der Waals surface area contributed by atoms with Crippen LogP contribution in [0.1, 0.15) is 5.56 Å². The molecule has 0 aliphatic heterocycles. The standard InChI is InChI=1S/C18H17N/c1-14-11-18(19(2)13-14)17-10-6-9-16(12-17)15-7-4-3-5-8-15/h3-13H,1-2H3. The highest BCUT2D eigenvalue weighted by Gasteiger charge is 2.05. The van der Waals surface area contributed by atoms with Gasteiger partial charge in [0.15, 0.2) is 0 Å². The molecule has 0 unspecified atom stereocenters. The minimum Gasteiger partial charge on any atom is -0.350 e. The first-order chi connectivity index (χ1) is 9.24. The van der Waals surface area contributed by atoms with E-state index in [1.807, 2.05) is 6.07 Å². The molecule has 0 saturated heterocycles. The van der Waals surface area contributed by atoms with Gasteiger partial charge in [-0.3, -0.25) is 0 Å². The minimum atomic E-state index is 1.26. The van der Waals surface area contributed by atoms with Gasteiger partial charge in [0.05, 0.1) is 0 Å². The van der Waals surface area contributed by atoms with Gasteiger partial charge < -0.3 is 4.57 Å². The maximum absolute atomic E-state index is 2.25. The van der Waals surface area contributed by atoms with Crippen LogP contribution in [0.5, 0.6) is 0 Å². The zero-order valence-corrected chi connectivity index (χ0v) is 11.3. The second-order valence-electron chi connectivity index (χ2n) is 4.96. The first kappa shape index (κ1) is 11.8. The van der Waals surface area contributed by atoms with Gasteiger partial charge in [-0.25, -0.2) is 0 Å². The summed E-state index contributed by atoms with van der Waals surface area (Å²) in [4.78, 5) is 0. The minimum absolute atomic E-state index is 1.26. The third-order valence-corrected chi connectivity index (χ3v) is 3.41. The third kappa shape index (κ3) is 2.32. The second kappa shape index (κ2) is 4.77. The molecule has 1 aromatic heterocycles. The van der Waals surface area contributed by atoms with Crippen molar-refractivity contribution in [2.75, 3.05) is 0 Å². The zero-order valence-electron chi connectivity index (χ0n) is 11.3. The second-order valence-corrected chi connectivity index (χ2v) is 4.96. The van der Waals surface area contributed by atoms with Crippen LogP contribution in [-0.2, 0) is 7.05 Å². The van der Waals surface area contributed by atoms with E-state index in [0.29, 0.717) is 0 Å². The fourth-order valence-corrected chi connectivity index (χ4v) is 2.51. The highest BCUT2D eigenvalue weighted by atomic mass is 14.9. The molecule has 0 aliphatic rings. The van der Waals surface area contributed by atoms with Crippen molar-refractivity contribution in [1.29, 1.82) is 0 Å². The topological polar surface area (TPSA) is 4.93 Å². The van der Waals surface area contributed by atoms with E-state index in [0.717, 1.165) is 0 Å². The van der Waals surface area contributed by atoms with E-state index in [9.17, 15) is 0 Å². The summed E-state index contributed by atoms with van der Waals surface area (Å²) in [5.41, 5.74) is 6.34. The Morgan fingerprint density at radius 2 is 1.42 bits per heavy atom. The molecule has 0 N–H and O–H groups in total. The van der Waals surface area contributed by atoms with E-state index in [-0.39, 0.29) is 0 Å². The van der Waals surface area contributed by atoms with Crippen LogP contribution < -0.4 is 0 Å². The first-order valence-corrected chi connectivity index (χ1v) is 6.53. The van der Waals surface area contributed by atoms with Gasteiger partial charge in [0.1, 0.15) is 0 Å². The van der Waals surface area contributed by atoms with Crippen molar-refractivity contribution in [2.45, 2.75) is 6.92 Å². The summed E-state index contributed by atoms with van der Waals surface area (Å²) in [5, 5.41) is 0. The smallest absolute Gasteiger partial charge is 0.0480 e. The van der Waals surface area contributed by atoms with Crippen molar-refractivity contribution in [3.8, 4) is 22.4 Å². The molecule has 19 heavy (non-hydrogen) atoms. The first-order valence-electron chi connectivity index (χ1n) is 6.53. The monoisotopic (exact) mass is 247 g/mol. The Bertz CT molecular complexity index is 693. The summed E-state index contributed by atoms with van der Waals surface area (Å²) >= 11 is 0. The normalized spacial score (nSPS) is 10.6. The van der Waals surface area contributed by atoms with Crippen molar-refractivity contribution in [1.82, 2.24) is 4.57 Å². The SMILES string of the molecule is Cc1cc(-c2cccc(-c3ccccc3)c2)n(C)c1.